The van der Waals surface area contributed by atoms with Gasteiger partial charge in [0.25, 0.3) is 0 Å². The summed E-state index contributed by atoms with van der Waals surface area (Å²) in [6.45, 7) is 6.11. The Morgan fingerprint density at radius 3 is 1.22 bits per heavy atom. The molecule has 0 aromatic heterocycles. The van der Waals surface area contributed by atoms with Crippen LogP contribution < -0.4 is 9.47 Å². The Labute approximate surface area is 327 Å². The van der Waals surface area contributed by atoms with E-state index in [0.29, 0.717) is 0 Å². The molecular formula is C46H60BrIO2. The third kappa shape index (κ3) is 18.7. The van der Waals surface area contributed by atoms with Gasteiger partial charge in [-0.1, -0.05) is 153 Å². The molecule has 0 spiro atoms. The van der Waals surface area contributed by atoms with Gasteiger partial charge in [0, 0.05) is 30.3 Å². The number of hydrogen-bond donors (Lipinski definition) is 0. The standard InChI is InChI=1S/C46H60BrIO2/c1-3-5-7-9-11-13-15-17-19-21-35-49-43-31-25-39(26-32-43)23-29-41-38-46(48)42(37-45(41)47)30-24-40-27-33-44(34-28-40)50-36-22-20-18-16-14-12-10-8-6-4-2/h25-28,31-34,37-38H,3-22,35-36H2,1-2H3. The quantitative estimate of drug-likeness (QED) is 0.0508. The van der Waals surface area contributed by atoms with Crippen molar-refractivity contribution in [2.75, 3.05) is 13.2 Å². The van der Waals surface area contributed by atoms with E-state index in [1.54, 1.807) is 0 Å². The largest absolute Gasteiger partial charge is 0.494 e. The minimum Gasteiger partial charge on any atom is -0.494 e. The van der Waals surface area contributed by atoms with Crippen molar-refractivity contribution in [3.05, 3.63) is 91.0 Å². The van der Waals surface area contributed by atoms with Gasteiger partial charge in [0.15, 0.2) is 0 Å². The first-order valence-corrected chi connectivity index (χ1v) is 21.4. The lowest BCUT2D eigenvalue weighted by atomic mass is 10.1. The molecule has 0 saturated heterocycles. The summed E-state index contributed by atoms with van der Waals surface area (Å²) in [6.07, 6.45) is 26.7. The molecule has 3 aromatic rings. The Hall–Kier alpha value is -2.41. The highest BCUT2D eigenvalue weighted by atomic mass is 127. The van der Waals surface area contributed by atoms with E-state index in [-0.39, 0.29) is 0 Å². The monoisotopic (exact) mass is 850 g/mol. The van der Waals surface area contributed by atoms with E-state index in [9.17, 15) is 0 Å². The maximum absolute atomic E-state index is 5.97. The van der Waals surface area contributed by atoms with E-state index in [2.05, 4.69) is 88.2 Å². The second-order valence-corrected chi connectivity index (χ2v) is 15.4. The van der Waals surface area contributed by atoms with Crippen molar-refractivity contribution in [1.29, 1.82) is 0 Å². The SMILES string of the molecule is CCCCCCCCCCCCOc1ccc(C#Cc2cc(I)c(C#Cc3ccc(OCCCCCCCCCCCC)cc3)cc2Br)cc1. The van der Waals surface area contributed by atoms with Crippen LogP contribution in [0.15, 0.2) is 65.1 Å². The fourth-order valence-electron chi connectivity index (χ4n) is 5.85. The summed E-state index contributed by atoms with van der Waals surface area (Å²) in [5.74, 6) is 15.1. The lowest BCUT2D eigenvalue weighted by molar-refractivity contribution is 0.304. The van der Waals surface area contributed by atoms with E-state index < -0.39 is 0 Å². The van der Waals surface area contributed by atoms with Crippen LogP contribution in [-0.4, -0.2) is 13.2 Å². The summed E-state index contributed by atoms with van der Waals surface area (Å²) in [6, 6.07) is 20.4. The van der Waals surface area contributed by atoms with Crippen LogP contribution in [-0.2, 0) is 0 Å². The predicted octanol–water partition coefficient (Wildman–Crippen LogP) is 14.5. The Kier molecular flexibility index (Phi) is 22.9. The number of benzene rings is 3. The molecule has 0 aliphatic rings. The van der Waals surface area contributed by atoms with Crippen molar-refractivity contribution >= 4 is 38.5 Å². The molecule has 50 heavy (non-hydrogen) atoms. The lowest BCUT2D eigenvalue weighted by Crippen LogP contribution is -1.97. The van der Waals surface area contributed by atoms with E-state index in [4.69, 9.17) is 9.47 Å². The number of unbranched alkanes of at least 4 members (excludes halogenated alkanes) is 18. The van der Waals surface area contributed by atoms with Crippen molar-refractivity contribution in [3.63, 3.8) is 0 Å². The van der Waals surface area contributed by atoms with Crippen LogP contribution in [0, 0.1) is 27.3 Å². The first-order valence-electron chi connectivity index (χ1n) is 19.6. The Morgan fingerprint density at radius 1 is 0.460 bits per heavy atom. The third-order valence-corrected chi connectivity index (χ3v) is 10.5. The molecule has 3 aromatic carbocycles. The van der Waals surface area contributed by atoms with Gasteiger partial charge in [0.1, 0.15) is 11.5 Å². The van der Waals surface area contributed by atoms with E-state index >= 15 is 0 Å². The smallest absolute Gasteiger partial charge is 0.119 e. The molecule has 0 aliphatic carbocycles. The Balaban J connectivity index is 1.35. The van der Waals surface area contributed by atoms with Gasteiger partial charge in [-0.15, -0.1) is 0 Å². The first-order chi connectivity index (χ1) is 24.6. The molecule has 0 N–H and O–H groups in total. The van der Waals surface area contributed by atoms with Crippen molar-refractivity contribution < 1.29 is 9.47 Å². The highest BCUT2D eigenvalue weighted by Gasteiger charge is 2.04. The van der Waals surface area contributed by atoms with Crippen LogP contribution in [0.3, 0.4) is 0 Å². The minimum absolute atomic E-state index is 0.779. The number of ether oxygens (including phenoxy) is 2. The van der Waals surface area contributed by atoms with Crippen LogP contribution in [0.4, 0.5) is 0 Å². The van der Waals surface area contributed by atoms with Gasteiger partial charge in [-0.2, -0.15) is 0 Å². The van der Waals surface area contributed by atoms with Gasteiger partial charge in [0.05, 0.1) is 13.2 Å². The van der Waals surface area contributed by atoms with Crippen LogP contribution in [0.5, 0.6) is 11.5 Å². The number of halogens is 2. The van der Waals surface area contributed by atoms with Crippen molar-refractivity contribution in [1.82, 2.24) is 0 Å². The number of hydrogen-bond acceptors (Lipinski definition) is 2. The topological polar surface area (TPSA) is 18.5 Å². The van der Waals surface area contributed by atoms with Crippen LogP contribution in [0.25, 0.3) is 0 Å². The second kappa shape index (κ2) is 27.3. The second-order valence-electron chi connectivity index (χ2n) is 13.4. The summed E-state index contributed by atoms with van der Waals surface area (Å²) in [5.41, 5.74) is 3.87. The van der Waals surface area contributed by atoms with E-state index in [1.165, 1.54) is 116 Å². The zero-order valence-electron chi connectivity index (χ0n) is 30.9. The molecule has 0 bridgehead atoms. The first kappa shape index (κ1) is 42.0. The molecule has 3 rings (SSSR count). The third-order valence-electron chi connectivity index (χ3n) is 8.98. The molecule has 0 amide bonds. The lowest BCUT2D eigenvalue weighted by Gasteiger charge is -2.06. The van der Waals surface area contributed by atoms with Crippen molar-refractivity contribution in [2.45, 2.75) is 142 Å². The van der Waals surface area contributed by atoms with Gasteiger partial charge in [0.2, 0.25) is 0 Å². The van der Waals surface area contributed by atoms with Crippen molar-refractivity contribution in [3.8, 4) is 35.2 Å². The molecule has 0 aliphatic heterocycles. The van der Waals surface area contributed by atoms with Crippen LogP contribution in [0.1, 0.15) is 165 Å². The minimum atomic E-state index is 0.779. The molecule has 2 nitrogen and oxygen atoms in total. The van der Waals surface area contributed by atoms with Gasteiger partial charge in [-0.05, 0) is 112 Å². The van der Waals surface area contributed by atoms with Gasteiger partial charge in [-0.3, -0.25) is 0 Å². The molecule has 0 heterocycles. The molecule has 4 heteroatoms. The molecule has 0 radical (unpaired) electrons. The van der Waals surface area contributed by atoms with Crippen LogP contribution >= 0.6 is 38.5 Å². The van der Waals surface area contributed by atoms with Gasteiger partial charge >= 0.3 is 0 Å². The Bertz CT molecular complexity index is 1340. The summed E-state index contributed by atoms with van der Waals surface area (Å²) in [4.78, 5) is 0. The average molecular weight is 852 g/mol. The van der Waals surface area contributed by atoms with Gasteiger partial charge in [-0.25, -0.2) is 0 Å². The summed E-state index contributed by atoms with van der Waals surface area (Å²) in [5, 5.41) is 0. The number of rotatable bonds is 24. The summed E-state index contributed by atoms with van der Waals surface area (Å²) in [7, 11) is 0. The molecule has 0 atom stereocenters. The zero-order valence-corrected chi connectivity index (χ0v) is 34.6. The van der Waals surface area contributed by atoms with E-state index in [1.807, 2.05) is 48.5 Å². The van der Waals surface area contributed by atoms with Crippen molar-refractivity contribution in [2.24, 2.45) is 0 Å². The molecular weight excluding hydrogens is 791 g/mol. The zero-order chi connectivity index (χ0) is 35.5. The fourth-order valence-corrected chi connectivity index (χ4v) is 6.89. The predicted molar refractivity (Wildman–Crippen MR) is 226 cm³/mol. The highest BCUT2D eigenvalue weighted by Crippen LogP contribution is 2.23. The molecule has 0 unspecified atom stereocenters. The fraction of sp³-hybridized carbons (Fsp3) is 0.522. The molecule has 270 valence electrons. The summed E-state index contributed by atoms with van der Waals surface area (Å²) < 4.78 is 14.0. The highest BCUT2D eigenvalue weighted by molar-refractivity contribution is 14.1. The Morgan fingerprint density at radius 2 is 0.820 bits per heavy atom. The van der Waals surface area contributed by atoms with Gasteiger partial charge < -0.3 is 9.47 Å². The maximum atomic E-state index is 5.97. The summed E-state index contributed by atoms with van der Waals surface area (Å²) >= 11 is 6.07. The van der Waals surface area contributed by atoms with E-state index in [0.717, 1.165) is 67.9 Å². The molecule has 0 saturated carbocycles. The van der Waals surface area contributed by atoms with Crippen LogP contribution in [0.2, 0.25) is 0 Å². The normalized spacial score (nSPS) is 10.6. The average Bonchev–Trinajstić information content (AvgIpc) is 3.13. The molecule has 0 fully saturated rings. The maximum Gasteiger partial charge on any atom is 0.119 e.